The zero-order chi connectivity index (χ0) is 17.5. The summed E-state index contributed by atoms with van der Waals surface area (Å²) in [6, 6.07) is 16.0. The van der Waals surface area contributed by atoms with E-state index in [0.717, 1.165) is 11.1 Å². The van der Waals surface area contributed by atoms with Gasteiger partial charge in [0.2, 0.25) is 0 Å². The average Bonchev–Trinajstić information content (AvgIpc) is 2.65. The molecule has 0 aromatic heterocycles. The largest absolute Gasteiger partial charge is 0.469 e. The minimum Gasteiger partial charge on any atom is -0.469 e. The maximum atomic E-state index is 12.5. The molecule has 0 saturated carbocycles. The van der Waals surface area contributed by atoms with Crippen LogP contribution in [-0.2, 0) is 16.1 Å². The summed E-state index contributed by atoms with van der Waals surface area (Å²) < 4.78 is 4.83. The molecule has 0 bridgehead atoms. The summed E-state index contributed by atoms with van der Waals surface area (Å²) in [6.07, 6.45) is 0. The van der Waals surface area contributed by atoms with Crippen molar-refractivity contribution >= 4 is 11.9 Å². The molecule has 0 aliphatic carbocycles. The van der Waals surface area contributed by atoms with Crippen LogP contribution >= 0.6 is 0 Å². The molecule has 2 atom stereocenters. The van der Waals surface area contributed by atoms with Gasteiger partial charge in [-0.3, -0.25) is 9.59 Å². The van der Waals surface area contributed by atoms with E-state index in [4.69, 9.17) is 10.5 Å². The predicted octanol–water partition coefficient (Wildman–Crippen LogP) is 2.43. The predicted molar refractivity (Wildman–Crippen MR) is 92.2 cm³/mol. The number of hydrogen-bond acceptors (Lipinski definition) is 4. The second-order valence-electron chi connectivity index (χ2n) is 5.57. The summed E-state index contributed by atoms with van der Waals surface area (Å²) in [5.41, 5.74) is 7.89. The number of amides is 1. The van der Waals surface area contributed by atoms with Crippen LogP contribution in [0.15, 0.2) is 54.6 Å². The Morgan fingerprint density at radius 3 is 2.25 bits per heavy atom. The minimum atomic E-state index is -0.510. The molecule has 1 amide bonds. The summed E-state index contributed by atoms with van der Waals surface area (Å²) >= 11 is 0. The Balaban J connectivity index is 2.23. The lowest BCUT2D eigenvalue weighted by Crippen LogP contribution is -2.36. The van der Waals surface area contributed by atoms with Gasteiger partial charge in [0, 0.05) is 12.1 Å². The summed E-state index contributed by atoms with van der Waals surface area (Å²) in [6.45, 7) is 2.16. The highest BCUT2D eigenvalue weighted by Crippen LogP contribution is 2.23. The molecule has 0 radical (unpaired) electrons. The minimum absolute atomic E-state index is 0.247. The molecule has 2 aromatic rings. The van der Waals surface area contributed by atoms with Crippen LogP contribution in [0.2, 0.25) is 0 Å². The van der Waals surface area contributed by atoms with Gasteiger partial charge in [-0.25, -0.2) is 0 Å². The highest BCUT2D eigenvalue weighted by molar-refractivity contribution is 5.94. The van der Waals surface area contributed by atoms with Gasteiger partial charge in [-0.1, -0.05) is 42.5 Å². The smallest absolute Gasteiger partial charge is 0.310 e. The van der Waals surface area contributed by atoms with Crippen LogP contribution in [0.25, 0.3) is 0 Å². The number of methoxy groups -OCH3 is 1. The van der Waals surface area contributed by atoms with E-state index in [-0.39, 0.29) is 11.9 Å². The number of carbonyl (C=O) groups excluding carboxylic acids is 2. The van der Waals surface area contributed by atoms with Gasteiger partial charge in [-0.15, -0.1) is 0 Å². The fourth-order valence-corrected chi connectivity index (χ4v) is 2.50. The maximum absolute atomic E-state index is 12.5. The molecule has 24 heavy (non-hydrogen) atoms. The van der Waals surface area contributed by atoms with Gasteiger partial charge < -0.3 is 15.8 Å². The first-order chi connectivity index (χ1) is 11.6. The van der Waals surface area contributed by atoms with Crippen LogP contribution in [0.5, 0.6) is 0 Å². The zero-order valence-electron chi connectivity index (χ0n) is 13.9. The van der Waals surface area contributed by atoms with Crippen molar-refractivity contribution in [2.75, 3.05) is 7.11 Å². The topological polar surface area (TPSA) is 81.4 Å². The molecule has 2 unspecified atom stereocenters. The third-order valence-corrected chi connectivity index (χ3v) is 3.97. The Labute approximate surface area is 141 Å². The molecule has 0 saturated heterocycles. The van der Waals surface area contributed by atoms with Crippen molar-refractivity contribution in [3.05, 3.63) is 71.3 Å². The standard InChI is InChI=1S/C19H22N2O3/c1-13(19(23)24-2)17(15-6-4-3-5-7-15)21-18(22)16-10-8-14(12-20)9-11-16/h3-11,13,17H,12,20H2,1-2H3,(H,21,22). The van der Waals surface area contributed by atoms with E-state index in [1.807, 2.05) is 42.5 Å². The van der Waals surface area contributed by atoms with E-state index < -0.39 is 12.0 Å². The molecular formula is C19H22N2O3. The lowest BCUT2D eigenvalue weighted by atomic mass is 9.94. The quantitative estimate of drug-likeness (QED) is 0.799. The fourth-order valence-electron chi connectivity index (χ4n) is 2.50. The fraction of sp³-hybridized carbons (Fsp3) is 0.263. The number of esters is 1. The molecule has 0 fully saturated rings. The summed E-state index contributed by atoms with van der Waals surface area (Å²) in [7, 11) is 1.34. The Bertz CT molecular complexity index is 684. The molecule has 5 heteroatoms. The monoisotopic (exact) mass is 326 g/mol. The summed E-state index contributed by atoms with van der Waals surface area (Å²) in [5, 5.41) is 2.93. The van der Waals surface area contributed by atoms with Gasteiger partial charge in [0.25, 0.3) is 5.91 Å². The summed E-state index contributed by atoms with van der Waals surface area (Å²) in [5.74, 6) is -1.13. The number of nitrogens with two attached hydrogens (primary N) is 1. The third kappa shape index (κ3) is 4.20. The molecule has 0 aliphatic heterocycles. The zero-order valence-corrected chi connectivity index (χ0v) is 13.9. The van der Waals surface area contributed by atoms with Gasteiger partial charge in [-0.2, -0.15) is 0 Å². The van der Waals surface area contributed by atoms with E-state index in [1.54, 1.807) is 19.1 Å². The highest BCUT2D eigenvalue weighted by Gasteiger charge is 2.28. The van der Waals surface area contributed by atoms with Gasteiger partial charge in [-0.05, 0) is 30.2 Å². The number of benzene rings is 2. The molecule has 0 spiro atoms. The molecule has 3 N–H and O–H groups in total. The van der Waals surface area contributed by atoms with Crippen molar-refractivity contribution in [1.29, 1.82) is 0 Å². The van der Waals surface area contributed by atoms with E-state index in [0.29, 0.717) is 12.1 Å². The van der Waals surface area contributed by atoms with Crippen molar-refractivity contribution < 1.29 is 14.3 Å². The normalized spacial score (nSPS) is 13.0. The molecule has 0 aliphatic rings. The van der Waals surface area contributed by atoms with Crippen LogP contribution in [0, 0.1) is 5.92 Å². The van der Waals surface area contributed by atoms with Crippen molar-refractivity contribution in [3.63, 3.8) is 0 Å². The average molecular weight is 326 g/mol. The first-order valence-corrected chi connectivity index (χ1v) is 7.79. The number of hydrogen-bond donors (Lipinski definition) is 2. The SMILES string of the molecule is COC(=O)C(C)C(NC(=O)c1ccc(CN)cc1)c1ccccc1. The lowest BCUT2D eigenvalue weighted by molar-refractivity contribution is -0.145. The van der Waals surface area contributed by atoms with E-state index >= 15 is 0 Å². The Morgan fingerprint density at radius 2 is 1.71 bits per heavy atom. The number of rotatable bonds is 6. The third-order valence-electron chi connectivity index (χ3n) is 3.97. The van der Waals surface area contributed by atoms with Crippen LogP contribution in [0.3, 0.4) is 0 Å². The van der Waals surface area contributed by atoms with Gasteiger partial charge >= 0.3 is 5.97 Å². The molecule has 0 heterocycles. The first-order valence-electron chi connectivity index (χ1n) is 7.79. The molecule has 126 valence electrons. The number of ether oxygens (including phenoxy) is 1. The van der Waals surface area contributed by atoms with Crippen LogP contribution < -0.4 is 11.1 Å². The molecular weight excluding hydrogens is 304 g/mol. The second-order valence-corrected chi connectivity index (χ2v) is 5.57. The van der Waals surface area contributed by atoms with Gasteiger partial charge in [0.05, 0.1) is 19.1 Å². The Kier molecular flexibility index (Phi) is 6.09. The Morgan fingerprint density at radius 1 is 1.08 bits per heavy atom. The highest BCUT2D eigenvalue weighted by atomic mass is 16.5. The number of carbonyl (C=O) groups is 2. The molecule has 2 aromatic carbocycles. The van der Waals surface area contributed by atoms with E-state index in [2.05, 4.69) is 5.32 Å². The van der Waals surface area contributed by atoms with Gasteiger partial charge in [0.15, 0.2) is 0 Å². The maximum Gasteiger partial charge on any atom is 0.310 e. The van der Waals surface area contributed by atoms with E-state index in [9.17, 15) is 9.59 Å². The number of nitrogens with one attached hydrogen (secondary N) is 1. The van der Waals surface area contributed by atoms with Crippen molar-refractivity contribution in [3.8, 4) is 0 Å². The lowest BCUT2D eigenvalue weighted by Gasteiger charge is -2.24. The molecule has 5 nitrogen and oxygen atoms in total. The Hall–Kier alpha value is -2.66. The van der Waals surface area contributed by atoms with Crippen molar-refractivity contribution in [1.82, 2.24) is 5.32 Å². The first kappa shape index (κ1) is 17.7. The summed E-state index contributed by atoms with van der Waals surface area (Å²) in [4.78, 5) is 24.5. The second kappa shape index (κ2) is 8.26. The van der Waals surface area contributed by atoms with Crippen LogP contribution in [-0.4, -0.2) is 19.0 Å². The van der Waals surface area contributed by atoms with Crippen LogP contribution in [0.4, 0.5) is 0 Å². The van der Waals surface area contributed by atoms with E-state index in [1.165, 1.54) is 7.11 Å². The van der Waals surface area contributed by atoms with Crippen molar-refractivity contribution in [2.45, 2.75) is 19.5 Å². The molecule has 2 rings (SSSR count). The van der Waals surface area contributed by atoms with Crippen molar-refractivity contribution in [2.24, 2.45) is 11.7 Å². The van der Waals surface area contributed by atoms with Gasteiger partial charge in [0.1, 0.15) is 0 Å². The van der Waals surface area contributed by atoms with Crippen LogP contribution in [0.1, 0.15) is 34.5 Å².